The molecule has 0 spiro atoms. The molecule has 3 aromatic heterocycles. The molecule has 3 aliphatic rings. The van der Waals surface area contributed by atoms with Crippen LogP contribution in [0.3, 0.4) is 0 Å². The van der Waals surface area contributed by atoms with E-state index in [0.29, 0.717) is 40.7 Å². The van der Waals surface area contributed by atoms with Gasteiger partial charge in [0.2, 0.25) is 11.8 Å². The number of hydrogen-bond acceptors (Lipinski definition) is 11. The fourth-order valence-corrected chi connectivity index (χ4v) is 6.83. The van der Waals surface area contributed by atoms with Crippen molar-refractivity contribution in [2.24, 2.45) is 0 Å². The molecular weight excluding hydrogens is 688 g/mol. The minimum Gasteiger partial charge on any atom is -0.457 e. The maximum Gasteiger partial charge on any atom is 0.262 e. The lowest BCUT2D eigenvalue weighted by Crippen LogP contribution is -2.54. The number of anilines is 2. The second-order valence-corrected chi connectivity index (χ2v) is 12.8. The van der Waals surface area contributed by atoms with Crippen molar-refractivity contribution in [3.05, 3.63) is 133 Å². The third kappa shape index (κ3) is 5.60. The van der Waals surface area contributed by atoms with Gasteiger partial charge < -0.3 is 15.4 Å². The minimum atomic E-state index is -1.04. The molecule has 4 amide bonds. The second-order valence-electron chi connectivity index (χ2n) is 12.8. The summed E-state index contributed by atoms with van der Waals surface area (Å²) < 4.78 is 9.59. The van der Waals surface area contributed by atoms with E-state index in [0.717, 1.165) is 21.9 Å². The number of para-hydroxylation sites is 1. The number of carbonyl (C=O) groups is 4. The standard InChI is InChI=1S/C39H30N10O5/c40-35-33-34(24-8-11-28(12-9-24)54-27-6-2-1-3-7-27)44-49(36(33)42-22-41-35)26-16-19-46(21-26)47-18-5-4-17-45(23-47)25-10-13-29-30(20-25)39(53)48(38(29)52)31-14-15-32(50)43-37(31)51/h1-13,16-22,31H,14-15,23H2,(H2,40,41,42)(H,43,50,51). The van der Waals surface area contributed by atoms with Crippen molar-refractivity contribution in [1.29, 1.82) is 0 Å². The van der Waals surface area contributed by atoms with Crippen LogP contribution in [0.1, 0.15) is 33.6 Å². The number of amides is 4. The predicted molar refractivity (Wildman–Crippen MR) is 198 cm³/mol. The Labute approximate surface area is 307 Å². The third-order valence-corrected chi connectivity index (χ3v) is 9.49. The molecule has 15 heteroatoms. The lowest BCUT2D eigenvalue weighted by Gasteiger charge is -2.28. The van der Waals surface area contributed by atoms with Crippen molar-refractivity contribution >= 4 is 46.2 Å². The van der Waals surface area contributed by atoms with E-state index in [9.17, 15) is 19.2 Å². The van der Waals surface area contributed by atoms with E-state index in [1.165, 1.54) is 6.33 Å². The fraction of sp³-hybridized carbons (Fsp3) is 0.103. The number of nitrogens with two attached hydrogens (primary N) is 1. The summed E-state index contributed by atoms with van der Waals surface area (Å²) in [6, 6.07) is 23.0. The molecule has 3 aromatic carbocycles. The summed E-state index contributed by atoms with van der Waals surface area (Å²) in [6.45, 7) is 0.330. The summed E-state index contributed by atoms with van der Waals surface area (Å²) in [5.41, 5.74) is 10.2. The highest BCUT2D eigenvalue weighted by atomic mass is 16.5. The number of allylic oxidation sites excluding steroid dienone is 2. The number of piperidine rings is 1. The van der Waals surface area contributed by atoms with Crippen molar-refractivity contribution in [1.82, 2.24) is 34.6 Å². The van der Waals surface area contributed by atoms with Gasteiger partial charge in [-0.3, -0.25) is 39.1 Å². The van der Waals surface area contributed by atoms with Crippen molar-refractivity contribution in [3.63, 3.8) is 0 Å². The second kappa shape index (κ2) is 12.9. The lowest BCUT2D eigenvalue weighted by atomic mass is 10.0. The Balaban J connectivity index is 0.973. The van der Waals surface area contributed by atoms with Crippen LogP contribution in [0.25, 0.3) is 28.0 Å². The Hall–Kier alpha value is -7.55. The molecule has 1 fully saturated rings. The Morgan fingerprint density at radius 3 is 2.41 bits per heavy atom. The summed E-state index contributed by atoms with van der Waals surface area (Å²) >= 11 is 0. The van der Waals surface area contributed by atoms with Crippen LogP contribution in [-0.2, 0) is 9.59 Å². The Morgan fingerprint density at radius 1 is 0.815 bits per heavy atom. The first-order valence-corrected chi connectivity index (χ1v) is 17.1. The largest absolute Gasteiger partial charge is 0.457 e. The number of rotatable bonds is 7. The van der Waals surface area contributed by atoms with Crippen molar-refractivity contribution in [2.75, 3.05) is 22.3 Å². The molecule has 266 valence electrons. The van der Waals surface area contributed by atoms with Gasteiger partial charge in [-0.25, -0.2) is 14.6 Å². The van der Waals surface area contributed by atoms with Crippen LogP contribution in [0.5, 0.6) is 11.5 Å². The monoisotopic (exact) mass is 718 g/mol. The van der Waals surface area contributed by atoms with Gasteiger partial charge in [0.25, 0.3) is 11.8 Å². The molecule has 0 saturated carbocycles. The number of benzene rings is 3. The third-order valence-electron chi connectivity index (χ3n) is 9.49. The average Bonchev–Trinajstić information content (AvgIpc) is 3.82. The molecule has 3 N–H and O–H groups in total. The predicted octanol–water partition coefficient (Wildman–Crippen LogP) is 4.50. The molecule has 54 heavy (non-hydrogen) atoms. The van der Waals surface area contributed by atoms with Gasteiger partial charge in [0.05, 0.1) is 28.4 Å². The van der Waals surface area contributed by atoms with Crippen LogP contribution in [0.2, 0.25) is 0 Å². The molecule has 0 bridgehead atoms. The van der Waals surface area contributed by atoms with Gasteiger partial charge in [0, 0.05) is 36.3 Å². The molecule has 1 unspecified atom stereocenters. The van der Waals surface area contributed by atoms with Crippen molar-refractivity contribution < 1.29 is 23.9 Å². The van der Waals surface area contributed by atoms with E-state index < -0.39 is 29.7 Å². The van der Waals surface area contributed by atoms with Gasteiger partial charge >= 0.3 is 0 Å². The summed E-state index contributed by atoms with van der Waals surface area (Å²) in [6.07, 6.45) is 12.9. The van der Waals surface area contributed by atoms with Crippen molar-refractivity contribution in [3.8, 4) is 28.4 Å². The molecule has 6 heterocycles. The number of carbonyl (C=O) groups excluding carboxylic acids is 4. The first kappa shape index (κ1) is 32.4. The Bertz CT molecular complexity index is 2560. The molecule has 6 aromatic rings. The van der Waals surface area contributed by atoms with E-state index in [1.807, 2.05) is 112 Å². The maximum atomic E-state index is 13.5. The zero-order valence-corrected chi connectivity index (χ0v) is 28.4. The maximum absolute atomic E-state index is 13.5. The number of nitrogens with one attached hydrogen (secondary N) is 1. The molecule has 1 saturated heterocycles. The lowest BCUT2D eigenvalue weighted by molar-refractivity contribution is -0.136. The number of hydrogen-bond donors (Lipinski definition) is 2. The highest BCUT2D eigenvalue weighted by molar-refractivity contribution is 6.23. The summed E-state index contributed by atoms with van der Waals surface area (Å²) in [7, 11) is 0. The van der Waals surface area contributed by atoms with E-state index >= 15 is 0 Å². The van der Waals surface area contributed by atoms with Gasteiger partial charge in [0.15, 0.2) is 5.65 Å². The summed E-state index contributed by atoms with van der Waals surface area (Å²) in [4.78, 5) is 62.6. The van der Waals surface area contributed by atoms with Gasteiger partial charge in [-0.15, -0.1) is 0 Å². The number of nitrogen functional groups attached to an aromatic ring is 1. The van der Waals surface area contributed by atoms with Crippen LogP contribution in [-0.4, -0.2) is 65.7 Å². The highest BCUT2D eigenvalue weighted by Crippen LogP contribution is 2.34. The summed E-state index contributed by atoms with van der Waals surface area (Å²) in [5.74, 6) is -0.479. The van der Waals surface area contributed by atoms with Crippen LogP contribution >= 0.6 is 0 Å². The number of nitrogens with zero attached hydrogens (tertiary/aromatic N) is 8. The molecule has 15 nitrogen and oxygen atoms in total. The first-order valence-electron chi connectivity index (χ1n) is 17.1. The van der Waals surface area contributed by atoms with E-state index in [4.69, 9.17) is 15.6 Å². The topological polar surface area (TPSA) is 174 Å². The number of aromatic nitrogens is 5. The van der Waals surface area contributed by atoms with Crippen LogP contribution in [0.4, 0.5) is 11.5 Å². The van der Waals surface area contributed by atoms with Crippen LogP contribution in [0, 0.1) is 0 Å². The van der Waals surface area contributed by atoms with Gasteiger partial charge in [-0.05, 0) is 79.2 Å². The molecule has 3 aliphatic heterocycles. The minimum absolute atomic E-state index is 0.0519. The van der Waals surface area contributed by atoms with Crippen LogP contribution < -0.4 is 25.7 Å². The number of fused-ring (bicyclic) bond motifs is 2. The zero-order valence-electron chi connectivity index (χ0n) is 28.4. The summed E-state index contributed by atoms with van der Waals surface area (Å²) in [5, 5.41) is 9.75. The average molecular weight is 719 g/mol. The van der Waals surface area contributed by atoms with Gasteiger partial charge in [-0.2, -0.15) is 5.10 Å². The smallest absolute Gasteiger partial charge is 0.262 e. The number of ether oxygens (including phenoxy) is 1. The highest BCUT2D eigenvalue weighted by Gasteiger charge is 2.44. The normalized spacial score (nSPS) is 17.0. The molecular formula is C39H30N10O5. The van der Waals surface area contributed by atoms with Crippen LogP contribution in [0.15, 0.2) is 122 Å². The SMILES string of the molecule is Nc1ncnc2c1c(-c1ccc(Oc3ccccc3)cc1)nn2-c1ccn(N2C=CC=CN(c3ccc4c(c3)C(=O)N(C3CCC(=O)NC3=O)C4=O)C2)c1. The van der Waals surface area contributed by atoms with Gasteiger partial charge in [-0.1, -0.05) is 18.2 Å². The van der Waals surface area contributed by atoms with E-state index in [1.54, 1.807) is 22.9 Å². The molecule has 0 radical (unpaired) electrons. The Morgan fingerprint density at radius 2 is 1.59 bits per heavy atom. The number of imide groups is 2. The van der Waals surface area contributed by atoms with E-state index in [2.05, 4.69) is 15.3 Å². The van der Waals surface area contributed by atoms with E-state index in [-0.39, 0.29) is 24.0 Å². The van der Waals surface area contributed by atoms with Gasteiger partial charge in [0.1, 0.15) is 42.0 Å². The first-order chi connectivity index (χ1) is 26.3. The zero-order chi connectivity index (χ0) is 36.9. The Kier molecular flexibility index (Phi) is 7.73. The van der Waals surface area contributed by atoms with Crippen molar-refractivity contribution in [2.45, 2.75) is 18.9 Å². The molecule has 9 rings (SSSR count). The fourth-order valence-electron chi connectivity index (χ4n) is 6.83. The molecule has 0 aliphatic carbocycles. The quantitative estimate of drug-likeness (QED) is 0.223. The molecule has 1 atom stereocenters.